The molecule has 1 aliphatic heterocycles. The number of carbonyl (C=O) groups excluding carboxylic acids is 1. The first-order chi connectivity index (χ1) is 19.6. The third-order valence-corrected chi connectivity index (χ3v) is 8.50. The Balaban J connectivity index is 1.52. The Labute approximate surface area is 242 Å². The van der Waals surface area contributed by atoms with Gasteiger partial charge in [0.05, 0.1) is 28.5 Å². The lowest BCUT2D eigenvalue weighted by Gasteiger charge is -2.35. The summed E-state index contributed by atoms with van der Waals surface area (Å²) in [6, 6.07) is 13.5. The number of nitrogens with zero attached hydrogens (tertiary/aromatic N) is 3. The van der Waals surface area contributed by atoms with Gasteiger partial charge in [0.15, 0.2) is 0 Å². The van der Waals surface area contributed by atoms with Gasteiger partial charge in [0.2, 0.25) is 0 Å². The summed E-state index contributed by atoms with van der Waals surface area (Å²) >= 11 is 3.54. The van der Waals surface area contributed by atoms with Crippen molar-refractivity contribution in [3.8, 4) is 17.1 Å². The zero-order chi connectivity index (χ0) is 29.1. The molecule has 0 unspecified atom stereocenters. The highest BCUT2D eigenvalue weighted by atomic mass is 79.9. The Morgan fingerprint density at radius 3 is 2.71 bits per heavy atom. The maximum absolute atomic E-state index is 14.2. The van der Waals surface area contributed by atoms with Crippen LogP contribution >= 0.6 is 15.9 Å². The predicted molar refractivity (Wildman–Crippen MR) is 151 cm³/mol. The number of carbonyl (C=O) groups is 1. The van der Waals surface area contributed by atoms with Crippen molar-refractivity contribution < 1.29 is 27.1 Å². The number of nitrogens with one attached hydrogen (secondary N) is 1. The van der Waals surface area contributed by atoms with E-state index in [4.69, 9.17) is 9.15 Å². The number of rotatable bonds is 5. The summed E-state index contributed by atoms with van der Waals surface area (Å²) in [5, 5.41) is 5.45. The number of halogens is 4. The summed E-state index contributed by atoms with van der Waals surface area (Å²) in [5.41, 5.74) is 2.84. The minimum Gasteiger partial charge on any atom is -0.497 e. The molecule has 1 atom stereocenters. The molecule has 3 aromatic heterocycles. The van der Waals surface area contributed by atoms with Crippen molar-refractivity contribution in [2.45, 2.75) is 39.0 Å². The van der Waals surface area contributed by atoms with Gasteiger partial charge in [-0.1, -0.05) is 18.2 Å². The van der Waals surface area contributed by atoms with E-state index in [1.165, 1.54) is 24.3 Å². The number of ether oxygens (including phenoxy) is 1. The van der Waals surface area contributed by atoms with Crippen LogP contribution in [-0.2, 0) is 19.1 Å². The molecule has 1 aliphatic rings. The molecule has 1 N–H and O–H groups in total. The molecule has 41 heavy (non-hydrogen) atoms. The van der Waals surface area contributed by atoms with Gasteiger partial charge in [0.25, 0.3) is 5.91 Å². The lowest BCUT2D eigenvalue weighted by atomic mass is 9.95. The molecule has 0 saturated carbocycles. The summed E-state index contributed by atoms with van der Waals surface area (Å²) in [6.45, 7) is 4.57. The third kappa shape index (κ3) is 4.52. The Hall–Kier alpha value is -3.99. The van der Waals surface area contributed by atoms with Crippen LogP contribution in [0.25, 0.3) is 22.2 Å². The molecule has 0 bridgehead atoms. The minimum atomic E-state index is -4.55. The Morgan fingerprint density at radius 1 is 1.20 bits per heavy atom. The molecule has 5 aromatic rings. The number of alkyl halides is 3. The zero-order valence-corrected chi connectivity index (χ0v) is 24.1. The topological polar surface area (TPSA) is 76.3 Å². The number of benzene rings is 2. The number of aromatic amines is 1. The maximum atomic E-state index is 14.2. The van der Waals surface area contributed by atoms with E-state index >= 15 is 0 Å². The van der Waals surface area contributed by atoms with E-state index in [0.717, 1.165) is 28.2 Å². The fourth-order valence-corrected chi connectivity index (χ4v) is 6.08. The minimum absolute atomic E-state index is 0.0658. The van der Waals surface area contributed by atoms with Crippen LogP contribution in [0, 0.1) is 6.92 Å². The van der Waals surface area contributed by atoms with Crippen LogP contribution in [0.4, 0.5) is 13.2 Å². The van der Waals surface area contributed by atoms with Crippen molar-refractivity contribution in [2.75, 3.05) is 13.7 Å². The quantitative estimate of drug-likeness (QED) is 0.219. The van der Waals surface area contributed by atoms with Gasteiger partial charge in [-0.25, -0.2) is 0 Å². The van der Waals surface area contributed by atoms with E-state index in [2.05, 4.69) is 26.0 Å². The van der Waals surface area contributed by atoms with Crippen LogP contribution < -0.4 is 4.74 Å². The molecular weight excluding hydrogens is 601 g/mol. The molecular formula is C30H26BrF3N4O3. The molecule has 0 radical (unpaired) electrons. The van der Waals surface area contributed by atoms with E-state index in [1.807, 2.05) is 32.0 Å². The highest BCUT2D eigenvalue weighted by Crippen LogP contribution is 2.43. The SMILES string of the molecule is CCn1nc(C)c(Br)c1C(=O)N1CCc2c([nH]c3ccc(OC)cc23)[C@@H]1c1ccc(-c2ccccc2C(F)(F)F)o1. The van der Waals surface area contributed by atoms with Gasteiger partial charge in [-0.3, -0.25) is 9.48 Å². The van der Waals surface area contributed by atoms with E-state index in [0.29, 0.717) is 46.9 Å². The molecule has 0 spiro atoms. The van der Waals surface area contributed by atoms with Crippen molar-refractivity contribution in [3.63, 3.8) is 0 Å². The second kappa shape index (κ2) is 10.1. The summed E-state index contributed by atoms with van der Waals surface area (Å²) in [4.78, 5) is 19.4. The van der Waals surface area contributed by atoms with E-state index in [9.17, 15) is 18.0 Å². The number of aromatic nitrogens is 3. The summed E-state index contributed by atoms with van der Waals surface area (Å²) in [6.07, 6.45) is -3.99. The number of hydrogen-bond acceptors (Lipinski definition) is 4. The molecule has 4 heterocycles. The number of methoxy groups -OCH3 is 1. The highest BCUT2D eigenvalue weighted by molar-refractivity contribution is 9.10. The van der Waals surface area contributed by atoms with Crippen molar-refractivity contribution >= 4 is 32.7 Å². The Kier molecular flexibility index (Phi) is 6.72. The fourth-order valence-electron chi connectivity index (χ4n) is 5.63. The Morgan fingerprint density at radius 2 is 1.98 bits per heavy atom. The van der Waals surface area contributed by atoms with Gasteiger partial charge in [-0.15, -0.1) is 0 Å². The van der Waals surface area contributed by atoms with Crippen molar-refractivity contribution in [1.29, 1.82) is 0 Å². The zero-order valence-electron chi connectivity index (χ0n) is 22.5. The Bertz CT molecular complexity index is 1790. The lowest BCUT2D eigenvalue weighted by molar-refractivity contribution is -0.137. The standard InChI is InChI=1S/C30H26BrF3N4O3/c1-4-38-28(25(31)16(2)36-38)29(39)37-14-13-18-20-15-17(40-3)9-10-22(20)35-26(18)27(37)24-12-11-23(41-24)19-7-5-6-8-21(19)30(32,33)34/h5-12,15,27,35H,4,13-14H2,1-3H3/t27-/m0/s1. The molecule has 1 amide bonds. The molecule has 212 valence electrons. The first-order valence-electron chi connectivity index (χ1n) is 13.1. The van der Waals surface area contributed by atoms with Crippen LogP contribution in [0.3, 0.4) is 0 Å². The molecule has 0 fully saturated rings. The predicted octanol–water partition coefficient (Wildman–Crippen LogP) is 7.53. The van der Waals surface area contributed by atoms with E-state index < -0.39 is 17.8 Å². The molecule has 11 heteroatoms. The second-order valence-electron chi connectivity index (χ2n) is 9.89. The average molecular weight is 627 g/mol. The molecule has 6 rings (SSSR count). The number of fused-ring (bicyclic) bond motifs is 3. The average Bonchev–Trinajstić information content (AvgIpc) is 3.67. The van der Waals surface area contributed by atoms with Crippen molar-refractivity contribution in [2.24, 2.45) is 0 Å². The maximum Gasteiger partial charge on any atom is 0.417 e. The smallest absolute Gasteiger partial charge is 0.417 e. The molecule has 0 aliphatic carbocycles. The lowest BCUT2D eigenvalue weighted by Crippen LogP contribution is -2.41. The first-order valence-corrected chi connectivity index (χ1v) is 13.9. The monoisotopic (exact) mass is 626 g/mol. The number of hydrogen-bond donors (Lipinski definition) is 1. The molecule has 7 nitrogen and oxygen atoms in total. The van der Waals surface area contributed by atoms with Crippen LogP contribution in [-0.4, -0.2) is 39.2 Å². The van der Waals surface area contributed by atoms with Gasteiger partial charge in [0, 0.05) is 29.6 Å². The van der Waals surface area contributed by atoms with E-state index in [1.54, 1.807) is 22.8 Å². The van der Waals surface area contributed by atoms with Crippen molar-refractivity contribution in [1.82, 2.24) is 19.7 Å². The van der Waals surface area contributed by atoms with Gasteiger partial charge in [-0.05, 0) is 78.2 Å². The van der Waals surface area contributed by atoms with E-state index in [-0.39, 0.29) is 17.2 Å². The molecule has 2 aromatic carbocycles. The fraction of sp³-hybridized carbons (Fsp3) is 0.267. The van der Waals surface area contributed by atoms with Crippen molar-refractivity contribution in [3.05, 3.63) is 93.0 Å². The first kappa shape index (κ1) is 27.2. The van der Waals surface area contributed by atoms with Crippen LogP contribution in [0.5, 0.6) is 5.75 Å². The number of H-pyrrole nitrogens is 1. The number of aryl methyl sites for hydroxylation is 2. The van der Waals surface area contributed by atoms with Crippen LogP contribution in [0.2, 0.25) is 0 Å². The largest absolute Gasteiger partial charge is 0.497 e. The van der Waals surface area contributed by atoms with Crippen LogP contribution in [0.15, 0.2) is 63.5 Å². The molecule has 0 saturated heterocycles. The van der Waals surface area contributed by atoms with Gasteiger partial charge >= 0.3 is 6.18 Å². The number of amides is 1. The summed E-state index contributed by atoms with van der Waals surface area (Å²) in [7, 11) is 1.60. The summed E-state index contributed by atoms with van der Waals surface area (Å²) < 4.78 is 55.3. The van der Waals surface area contributed by atoms with Gasteiger partial charge < -0.3 is 19.0 Å². The second-order valence-corrected chi connectivity index (χ2v) is 10.7. The number of furan rings is 1. The summed E-state index contributed by atoms with van der Waals surface area (Å²) in [5.74, 6) is 0.852. The van der Waals surface area contributed by atoms with Crippen LogP contribution in [0.1, 0.15) is 51.7 Å². The normalized spacial score (nSPS) is 15.4. The van der Waals surface area contributed by atoms with Gasteiger partial charge in [-0.2, -0.15) is 18.3 Å². The van der Waals surface area contributed by atoms with Gasteiger partial charge in [0.1, 0.15) is 29.0 Å². The highest BCUT2D eigenvalue weighted by Gasteiger charge is 2.40. The third-order valence-electron chi connectivity index (χ3n) is 7.55.